The molecule has 67 heavy (non-hydrogen) atoms. The van der Waals surface area contributed by atoms with Crippen LogP contribution in [0.3, 0.4) is 0 Å². The predicted octanol–water partition coefficient (Wildman–Crippen LogP) is 12.7. The molecule has 0 saturated carbocycles. The highest BCUT2D eigenvalue weighted by Gasteiger charge is 2.63. The number of nitriles is 1. The molecule has 17 heteroatoms. The van der Waals surface area contributed by atoms with Crippen LogP contribution in [0, 0.1) is 21.4 Å². The van der Waals surface area contributed by atoms with Crippen LogP contribution in [-0.2, 0) is 33.4 Å². The molecule has 0 radical (unpaired) electrons. The normalized spacial score (nSPS) is 13.0. The average Bonchev–Trinajstić information content (AvgIpc) is 3.32. The standard InChI is InChI=1S/C50H88N2O15/c1-9-16-21-24-26-27-29-33-36-57-43-44(58-37-32-28-25-22-17-10-2)46(59-35-31-23-18-11-3)48(67-66-42(53)40-51)47(45(43)60-41-52(54)55)65-49(56-8,61-15-7)50(62-34-14-6,63-38-20-13-5)64-39-30-19-12-4/h9-39,41H2,1-8H3. The fourth-order valence-electron chi connectivity index (χ4n) is 6.96. The van der Waals surface area contributed by atoms with E-state index >= 15 is 0 Å². The summed E-state index contributed by atoms with van der Waals surface area (Å²) in [6.45, 7) is 13.8. The van der Waals surface area contributed by atoms with E-state index in [0.717, 1.165) is 96.3 Å². The second kappa shape index (κ2) is 39.1. The number of carbonyl (C=O) groups excluding carboxylic acids is 1. The van der Waals surface area contributed by atoms with Gasteiger partial charge in [-0.05, 0) is 45.4 Å². The molecule has 0 bridgehead atoms. The third-order valence-electron chi connectivity index (χ3n) is 10.6. The fraction of sp³-hybridized carbons (Fsp3) is 0.840. The summed E-state index contributed by atoms with van der Waals surface area (Å²) in [5.41, 5.74) is 0. The first-order chi connectivity index (χ1) is 32.6. The first-order valence-corrected chi connectivity index (χ1v) is 25.6. The second-order valence-corrected chi connectivity index (χ2v) is 16.5. The maximum atomic E-state index is 12.6. The van der Waals surface area contributed by atoms with Gasteiger partial charge < -0.3 is 47.4 Å². The van der Waals surface area contributed by atoms with Gasteiger partial charge in [-0.1, -0.05) is 157 Å². The van der Waals surface area contributed by atoms with Crippen molar-refractivity contribution in [3.05, 3.63) is 10.1 Å². The monoisotopic (exact) mass is 957 g/mol. The molecule has 1 aromatic carbocycles. The Morgan fingerprint density at radius 3 is 1.34 bits per heavy atom. The summed E-state index contributed by atoms with van der Waals surface area (Å²) in [4.78, 5) is 34.9. The van der Waals surface area contributed by atoms with E-state index < -0.39 is 41.1 Å². The molecule has 0 saturated heterocycles. The molecule has 0 aliphatic carbocycles. The maximum absolute atomic E-state index is 12.6. The van der Waals surface area contributed by atoms with Crippen LogP contribution in [0.5, 0.6) is 34.5 Å². The van der Waals surface area contributed by atoms with Crippen molar-refractivity contribution in [3.8, 4) is 40.6 Å². The van der Waals surface area contributed by atoms with Crippen LogP contribution in [0.2, 0.25) is 0 Å². The van der Waals surface area contributed by atoms with Crippen molar-refractivity contribution in [2.45, 2.75) is 215 Å². The van der Waals surface area contributed by atoms with E-state index in [2.05, 4.69) is 27.7 Å². The molecule has 2 unspecified atom stereocenters. The van der Waals surface area contributed by atoms with Crippen molar-refractivity contribution < 1.29 is 66.9 Å². The van der Waals surface area contributed by atoms with E-state index in [1.54, 1.807) is 6.92 Å². The summed E-state index contributed by atoms with van der Waals surface area (Å²) >= 11 is 0. The SMILES string of the molecule is CCCCCCCCCCOc1c(OCCCCCCCC)c(OCCCCCC)c(OOC(=O)C#N)c(OC(OC)(OCC)C(OCCC)(OCCCC)OCCCCC)c1OC[N+](=O)[O-]. The first-order valence-electron chi connectivity index (χ1n) is 25.6. The minimum Gasteiger partial charge on any atom is -0.486 e. The molecular formula is C50H88N2O15. The van der Waals surface area contributed by atoms with Crippen LogP contribution in [0.1, 0.15) is 203 Å². The molecule has 0 aliphatic rings. The quantitative estimate of drug-likeness (QED) is 0.0149. The Hall–Kier alpha value is -3.82. The van der Waals surface area contributed by atoms with Crippen molar-refractivity contribution in [2.24, 2.45) is 0 Å². The van der Waals surface area contributed by atoms with Gasteiger partial charge in [0.25, 0.3) is 5.75 Å². The van der Waals surface area contributed by atoms with Crippen LogP contribution in [0.4, 0.5) is 0 Å². The summed E-state index contributed by atoms with van der Waals surface area (Å²) in [7, 11) is 1.30. The molecule has 0 heterocycles. The number of hydrogen-bond acceptors (Lipinski definition) is 16. The molecule has 0 N–H and O–H groups in total. The van der Waals surface area contributed by atoms with Crippen molar-refractivity contribution in [1.82, 2.24) is 0 Å². The zero-order valence-corrected chi connectivity index (χ0v) is 42.6. The van der Waals surface area contributed by atoms with Gasteiger partial charge in [-0.15, -0.1) is 0 Å². The molecule has 1 aromatic rings. The molecular weight excluding hydrogens is 869 g/mol. The lowest BCUT2D eigenvalue weighted by Gasteiger charge is -2.45. The Balaban J connectivity index is 4.47. The average molecular weight is 957 g/mol. The third kappa shape index (κ3) is 23.4. The van der Waals surface area contributed by atoms with Gasteiger partial charge in [0.1, 0.15) is 0 Å². The Kier molecular flexibility index (Phi) is 35.7. The number of methoxy groups -OCH3 is 1. The molecule has 388 valence electrons. The van der Waals surface area contributed by atoms with E-state index in [1.165, 1.54) is 32.4 Å². The number of nitro groups is 1. The van der Waals surface area contributed by atoms with Gasteiger partial charge in [-0.3, -0.25) is 15.0 Å². The minimum atomic E-state index is -2.49. The number of benzene rings is 1. The second-order valence-electron chi connectivity index (χ2n) is 16.5. The van der Waals surface area contributed by atoms with Gasteiger partial charge in [0.15, 0.2) is 6.07 Å². The van der Waals surface area contributed by atoms with Gasteiger partial charge in [0, 0.05) is 7.11 Å². The molecule has 0 amide bonds. The lowest BCUT2D eigenvalue weighted by Crippen LogP contribution is -2.65. The number of unbranched alkanes of at least 4 members (excludes halogenated alkanes) is 18. The van der Waals surface area contributed by atoms with Gasteiger partial charge in [0.2, 0.25) is 28.7 Å². The van der Waals surface area contributed by atoms with Crippen LogP contribution >= 0.6 is 0 Å². The van der Waals surface area contributed by atoms with Crippen LogP contribution in [0.15, 0.2) is 0 Å². The summed E-state index contributed by atoms with van der Waals surface area (Å²) in [6.07, 6.45) is 21.7. The number of nitrogens with zero attached hydrogens (tertiary/aromatic N) is 2. The zero-order chi connectivity index (χ0) is 49.4. The molecule has 0 fully saturated rings. The number of carbonyl (C=O) groups is 1. The summed E-state index contributed by atoms with van der Waals surface area (Å²) in [6, 6.07) is 1.38. The van der Waals surface area contributed by atoms with E-state index in [9.17, 15) is 20.2 Å². The molecule has 2 atom stereocenters. The Morgan fingerprint density at radius 2 is 0.896 bits per heavy atom. The number of ether oxygens (including phenoxy) is 10. The molecule has 17 nitrogen and oxygen atoms in total. The van der Waals surface area contributed by atoms with Crippen molar-refractivity contribution in [3.63, 3.8) is 0 Å². The summed E-state index contributed by atoms with van der Waals surface area (Å²) in [5, 5.41) is 21.7. The van der Waals surface area contributed by atoms with Gasteiger partial charge >= 0.3 is 24.6 Å². The highest BCUT2D eigenvalue weighted by atomic mass is 17.2. The van der Waals surface area contributed by atoms with E-state index in [0.29, 0.717) is 38.5 Å². The number of hydrogen-bond donors (Lipinski definition) is 0. The van der Waals surface area contributed by atoms with E-state index in [-0.39, 0.29) is 69.2 Å². The fourth-order valence-corrected chi connectivity index (χ4v) is 6.96. The van der Waals surface area contributed by atoms with Crippen LogP contribution in [-0.4, -0.2) is 82.9 Å². The van der Waals surface area contributed by atoms with Crippen molar-refractivity contribution in [1.29, 1.82) is 5.26 Å². The molecule has 1 rings (SSSR count). The minimum absolute atomic E-state index is 0.0275. The highest BCUT2D eigenvalue weighted by Crippen LogP contribution is 2.60. The van der Waals surface area contributed by atoms with Crippen LogP contribution in [0.25, 0.3) is 0 Å². The Bertz CT molecular complexity index is 1480. The number of rotatable bonds is 47. The maximum Gasteiger partial charge on any atom is 0.455 e. The van der Waals surface area contributed by atoms with E-state index in [4.69, 9.17) is 57.1 Å². The lowest BCUT2D eigenvalue weighted by molar-refractivity contribution is -0.541. The smallest absolute Gasteiger partial charge is 0.455 e. The first kappa shape index (κ1) is 61.2. The molecule has 0 spiro atoms. The van der Waals surface area contributed by atoms with Gasteiger partial charge in [-0.2, -0.15) is 5.26 Å². The summed E-state index contributed by atoms with van der Waals surface area (Å²) in [5.74, 6) is -7.78. The van der Waals surface area contributed by atoms with Crippen molar-refractivity contribution >= 4 is 5.97 Å². The lowest BCUT2D eigenvalue weighted by atomic mass is 10.1. The molecule has 0 aliphatic heterocycles. The van der Waals surface area contributed by atoms with Gasteiger partial charge in [0.05, 0.1) is 51.2 Å². The third-order valence-corrected chi connectivity index (χ3v) is 10.6. The van der Waals surface area contributed by atoms with Gasteiger partial charge in [-0.25, -0.2) is 9.68 Å². The van der Waals surface area contributed by atoms with E-state index in [1.807, 2.05) is 13.8 Å². The Morgan fingerprint density at radius 1 is 0.493 bits per heavy atom. The zero-order valence-electron chi connectivity index (χ0n) is 42.6. The largest absolute Gasteiger partial charge is 0.486 e. The summed E-state index contributed by atoms with van der Waals surface area (Å²) < 4.78 is 64.7. The predicted molar refractivity (Wildman–Crippen MR) is 255 cm³/mol. The topological polar surface area (TPSA) is 195 Å². The molecule has 0 aromatic heterocycles. The highest BCUT2D eigenvalue weighted by molar-refractivity contribution is 5.85. The Labute approximate surface area is 402 Å². The van der Waals surface area contributed by atoms with Crippen molar-refractivity contribution in [2.75, 3.05) is 60.1 Å². The van der Waals surface area contributed by atoms with Crippen LogP contribution < -0.4 is 28.6 Å².